The van der Waals surface area contributed by atoms with Crippen molar-refractivity contribution in [3.8, 4) is 0 Å². The van der Waals surface area contributed by atoms with Gasteiger partial charge in [0.15, 0.2) is 0 Å². The zero-order valence-corrected chi connectivity index (χ0v) is 9.56. The number of nitrogens with one attached hydrogen (secondary N) is 1. The molecule has 0 radical (unpaired) electrons. The van der Waals surface area contributed by atoms with Crippen molar-refractivity contribution in [2.75, 3.05) is 0 Å². The summed E-state index contributed by atoms with van der Waals surface area (Å²) in [7, 11) is 0. The standard InChI is InChI=1S/C9H9F3IN/c1-6(14-13)7-3-2-4-8(5-7)9(10,11)12/h2-6,14H,1H3/t6-/m1/s1. The first kappa shape index (κ1) is 11.8. The highest BCUT2D eigenvalue weighted by molar-refractivity contribution is 14.1. The van der Waals surface area contributed by atoms with Crippen molar-refractivity contribution in [2.24, 2.45) is 0 Å². The highest BCUT2D eigenvalue weighted by Crippen LogP contribution is 2.30. The molecule has 1 aromatic carbocycles. The monoisotopic (exact) mass is 315 g/mol. The largest absolute Gasteiger partial charge is 0.416 e. The van der Waals surface area contributed by atoms with Gasteiger partial charge in [0.1, 0.15) is 0 Å². The number of rotatable bonds is 2. The van der Waals surface area contributed by atoms with E-state index in [1.165, 1.54) is 6.07 Å². The van der Waals surface area contributed by atoms with Gasteiger partial charge in [-0.05, 0) is 24.6 Å². The van der Waals surface area contributed by atoms with Crippen LogP contribution in [0, 0.1) is 0 Å². The first-order valence-corrected chi connectivity index (χ1v) is 5.06. The van der Waals surface area contributed by atoms with E-state index in [0.29, 0.717) is 5.56 Å². The summed E-state index contributed by atoms with van der Waals surface area (Å²) >= 11 is 1.92. The van der Waals surface area contributed by atoms with E-state index in [4.69, 9.17) is 0 Å². The average Bonchev–Trinajstić information content (AvgIpc) is 2.15. The number of hydrogen-bond acceptors (Lipinski definition) is 1. The van der Waals surface area contributed by atoms with E-state index >= 15 is 0 Å². The van der Waals surface area contributed by atoms with Gasteiger partial charge in [-0.25, -0.2) is 0 Å². The lowest BCUT2D eigenvalue weighted by Gasteiger charge is -2.12. The molecule has 1 nitrogen and oxygen atoms in total. The molecule has 78 valence electrons. The van der Waals surface area contributed by atoms with Crippen LogP contribution in [0.5, 0.6) is 0 Å². The number of hydrogen-bond donors (Lipinski definition) is 1. The first-order valence-electron chi connectivity index (χ1n) is 3.98. The summed E-state index contributed by atoms with van der Waals surface area (Å²) in [5, 5.41) is 0. The van der Waals surface area contributed by atoms with Gasteiger partial charge in [0.2, 0.25) is 0 Å². The minimum atomic E-state index is -4.26. The van der Waals surface area contributed by atoms with Gasteiger partial charge in [-0.3, -0.25) is 3.53 Å². The van der Waals surface area contributed by atoms with Gasteiger partial charge in [-0.2, -0.15) is 13.2 Å². The Morgan fingerprint density at radius 2 is 2.00 bits per heavy atom. The van der Waals surface area contributed by atoms with E-state index in [1.807, 2.05) is 29.8 Å². The van der Waals surface area contributed by atoms with Gasteiger partial charge >= 0.3 is 6.18 Å². The molecule has 1 aromatic rings. The lowest BCUT2D eigenvalue weighted by Crippen LogP contribution is -2.09. The molecule has 0 saturated carbocycles. The lowest BCUT2D eigenvalue weighted by molar-refractivity contribution is -0.137. The minimum absolute atomic E-state index is 0.0853. The topological polar surface area (TPSA) is 12.0 Å². The molecule has 1 rings (SSSR count). The molecule has 0 heterocycles. The van der Waals surface area contributed by atoms with Gasteiger partial charge in [0, 0.05) is 28.9 Å². The summed E-state index contributed by atoms with van der Waals surface area (Å²) < 4.78 is 39.8. The maximum absolute atomic E-state index is 12.3. The van der Waals surface area contributed by atoms with Crippen LogP contribution >= 0.6 is 22.9 Å². The third kappa shape index (κ3) is 2.84. The fraction of sp³-hybridized carbons (Fsp3) is 0.333. The molecule has 5 heteroatoms. The van der Waals surface area contributed by atoms with Crippen LogP contribution < -0.4 is 3.53 Å². The number of alkyl halides is 3. The van der Waals surface area contributed by atoms with Gasteiger partial charge in [-0.1, -0.05) is 12.1 Å². The van der Waals surface area contributed by atoms with Crippen LogP contribution in [-0.2, 0) is 6.18 Å². The fourth-order valence-corrected chi connectivity index (χ4v) is 1.41. The maximum Gasteiger partial charge on any atom is 0.416 e. The van der Waals surface area contributed by atoms with Gasteiger partial charge < -0.3 is 0 Å². The Morgan fingerprint density at radius 3 is 2.50 bits per heavy atom. The Balaban J connectivity index is 3.01. The molecule has 0 aliphatic rings. The Bertz CT molecular complexity index is 311. The van der Waals surface area contributed by atoms with E-state index in [2.05, 4.69) is 3.53 Å². The summed E-state index contributed by atoms with van der Waals surface area (Å²) in [6, 6.07) is 5.24. The molecule has 0 aliphatic heterocycles. The van der Waals surface area contributed by atoms with E-state index in [-0.39, 0.29) is 6.04 Å². The van der Waals surface area contributed by atoms with Crippen molar-refractivity contribution in [1.82, 2.24) is 3.53 Å². The SMILES string of the molecule is C[C@@H](NI)c1cccc(C(F)(F)F)c1. The van der Waals surface area contributed by atoms with Crippen LogP contribution in [0.25, 0.3) is 0 Å². The molecule has 1 N–H and O–H groups in total. The van der Waals surface area contributed by atoms with Crippen LogP contribution in [0.2, 0.25) is 0 Å². The van der Waals surface area contributed by atoms with Crippen molar-refractivity contribution >= 4 is 22.9 Å². The highest BCUT2D eigenvalue weighted by atomic mass is 127. The minimum Gasteiger partial charge on any atom is -0.254 e. The van der Waals surface area contributed by atoms with E-state index < -0.39 is 11.7 Å². The average molecular weight is 315 g/mol. The van der Waals surface area contributed by atoms with Crippen LogP contribution in [0.1, 0.15) is 24.1 Å². The zero-order chi connectivity index (χ0) is 10.8. The molecule has 0 saturated heterocycles. The molecule has 0 amide bonds. The second-order valence-corrected chi connectivity index (χ2v) is 3.58. The van der Waals surface area contributed by atoms with E-state index in [9.17, 15) is 13.2 Å². The zero-order valence-electron chi connectivity index (χ0n) is 7.40. The molecule has 0 bridgehead atoms. The van der Waals surface area contributed by atoms with Crippen molar-refractivity contribution in [1.29, 1.82) is 0 Å². The van der Waals surface area contributed by atoms with Crippen molar-refractivity contribution in [3.05, 3.63) is 35.4 Å². The predicted molar refractivity (Wildman–Crippen MR) is 57.0 cm³/mol. The van der Waals surface area contributed by atoms with Crippen LogP contribution in [0.15, 0.2) is 24.3 Å². The molecule has 0 unspecified atom stereocenters. The number of benzene rings is 1. The van der Waals surface area contributed by atoms with E-state index in [0.717, 1.165) is 12.1 Å². The van der Waals surface area contributed by atoms with Crippen molar-refractivity contribution in [2.45, 2.75) is 19.1 Å². The molecular weight excluding hydrogens is 306 g/mol. The summed E-state index contributed by atoms with van der Waals surface area (Å²) in [5.41, 5.74) is 0.0303. The molecule has 14 heavy (non-hydrogen) atoms. The third-order valence-electron chi connectivity index (χ3n) is 1.88. The smallest absolute Gasteiger partial charge is 0.254 e. The Kier molecular flexibility index (Phi) is 3.77. The summed E-state index contributed by atoms with van der Waals surface area (Å²) in [5.74, 6) is 0. The predicted octanol–water partition coefficient (Wildman–Crippen LogP) is 3.71. The van der Waals surface area contributed by atoms with Crippen LogP contribution in [0.3, 0.4) is 0 Å². The van der Waals surface area contributed by atoms with Crippen LogP contribution in [0.4, 0.5) is 13.2 Å². The lowest BCUT2D eigenvalue weighted by atomic mass is 10.1. The molecule has 0 aliphatic carbocycles. The Morgan fingerprint density at radius 1 is 1.36 bits per heavy atom. The van der Waals surface area contributed by atoms with E-state index in [1.54, 1.807) is 6.07 Å². The molecule has 1 atom stereocenters. The second-order valence-electron chi connectivity index (χ2n) is 2.95. The molecule has 0 fully saturated rings. The van der Waals surface area contributed by atoms with Crippen LogP contribution in [-0.4, -0.2) is 0 Å². The van der Waals surface area contributed by atoms with Crippen molar-refractivity contribution < 1.29 is 13.2 Å². The summed E-state index contributed by atoms with van der Waals surface area (Å²) in [4.78, 5) is 0. The second kappa shape index (κ2) is 4.48. The highest BCUT2D eigenvalue weighted by Gasteiger charge is 2.30. The Hall–Kier alpha value is -0.300. The normalized spacial score (nSPS) is 14.1. The fourth-order valence-electron chi connectivity index (χ4n) is 1.05. The van der Waals surface area contributed by atoms with Gasteiger partial charge in [0.25, 0.3) is 0 Å². The summed E-state index contributed by atoms with van der Waals surface area (Å²) in [6.45, 7) is 1.81. The number of halogens is 4. The third-order valence-corrected chi connectivity index (χ3v) is 2.81. The first-order chi connectivity index (χ1) is 6.45. The quantitative estimate of drug-likeness (QED) is 0.648. The van der Waals surface area contributed by atoms with Gasteiger partial charge in [-0.15, -0.1) is 0 Å². The maximum atomic E-state index is 12.3. The molecule has 0 spiro atoms. The molecular formula is C9H9F3IN. The Labute approximate surface area is 94.2 Å². The summed E-state index contributed by atoms with van der Waals surface area (Å²) in [6.07, 6.45) is -4.26. The van der Waals surface area contributed by atoms with Gasteiger partial charge in [0.05, 0.1) is 5.56 Å². The molecule has 0 aromatic heterocycles. The van der Waals surface area contributed by atoms with Crippen molar-refractivity contribution in [3.63, 3.8) is 0 Å².